The predicted octanol–water partition coefficient (Wildman–Crippen LogP) is 0.997. The molecular weight excluding hydrogens is 290 g/mol. The van der Waals surface area contributed by atoms with Crippen molar-refractivity contribution in [3.8, 4) is 0 Å². The molecule has 1 aromatic carbocycles. The summed E-state index contributed by atoms with van der Waals surface area (Å²) in [6.45, 7) is 1.81. The van der Waals surface area contributed by atoms with Crippen molar-refractivity contribution in [2.45, 2.75) is 19.9 Å². The highest BCUT2D eigenvalue weighted by Gasteiger charge is 2.18. The fourth-order valence-electron chi connectivity index (χ4n) is 1.35. The lowest BCUT2D eigenvalue weighted by Crippen LogP contribution is -2.32. The topological polar surface area (TPSA) is 86.7 Å². The molecule has 0 heterocycles. The molecule has 0 aliphatic carbocycles. The number of hydrogen-bond donors (Lipinski definition) is 0. The molecule has 0 aromatic heterocycles. The number of rotatable bonds is 8. The van der Waals surface area contributed by atoms with E-state index < -0.39 is 27.3 Å². The zero-order chi connectivity index (χ0) is 14.3. The van der Waals surface area contributed by atoms with E-state index in [-0.39, 0.29) is 13.2 Å². The van der Waals surface area contributed by atoms with E-state index in [1.165, 1.54) is 0 Å². The molecule has 0 saturated heterocycles. The largest absolute Gasteiger partial charge is 0.760 e. The lowest BCUT2D eigenvalue weighted by molar-refractivity contribution is 0.304. The molecule has 0 N–H and O–H groups in total. The molecule has 108 valence electrons. The molecule has 1 unspecified atom stereocenters. The van der Waals surface area contributed by atoms with E-state index in [4.69, 9.17) is 0 Å². The molecule has 0 aliphatic heterocycles. The molecular formula is C11H16NO5S2-. The molecule has 1 aromatic rings. The molecule has 1 atom stereocenters. The predicted molar refractivity (Wildman–Crippen MR) is 70.9 cm³/mol. The molecule has 0 radical (unpaired) electrons. The van der Waals surface area contributed by atoms with Crippen LogP contribution in [0, 0.1) is 0 Å². The number of hydrogen-bond acceptors (Lipinski definition) is 5. The fraction of sp³-hybridized carbons (Fsp3) is 0.455. The minimum absolute atomic E-state index is 0.00827. The first-order valence-corrected chi connectivity index (χ1v) is 8.31. The van der Waals surface area contributed by atoms with Crippen molar-refractivity contribution in [3.63, 3.8) is 0 Å². The van der Waals surface area contributed by atoms with Crippen LogP contribution in [0.15, 0.2) is 30.3 Å². The van der Waals surface area contributed by atoms with Crippen LogP contribution in [0.1, 0.15) is 18.9 Å². The first-order chi connectivity index (χ1) is 8.94. The van der Waals surface area contributed by atoms with Gasteiger partial charge in [-0.3, -0.25) is 8.39 Å². The van der Waals surface area contributed by atoms with Crippen molar-refractivity contribution in [2.24, 2.45) is 0 Å². The average molecular weight is 306 g/mol. The van der Waals surface area contributed by atoms with Crippen LogP contribution in [0.5, 0.6) is 0 Å². The van der Waals surface area contributed by atoms with Gasteiger partial charge in [-0.05, 0) is 12.0 Å². The van der Waals surface area contributed by atoms with Gasteiger partial charge >= 0.3 is 0 Å². The second-order valence-corrected chi connectivity index (χ2v) is 6.41. The Kier molecular flexibility index (Phi) is 6.59. The van der Waals surface area contributed by atoms with E-state index >= 15 is 0 Å². The van der Waals surface area contributed by atoms with Crippen LogP contribution in [0.4, 0.5) is 0 Å². The molecule has 0 bridgehead atoms. The first-order valence-electron chi connectivity index (χ1n) is 5.70. The van der Waals surface area contributed by atoms with Gasteiger partial charge in [0, 0.05) is 17.8 Å². The molecule has 0 amide bonds. The van der Waals surface area contributed by atoms with Crippen molar-refractivity contribution >= 4 is 21.4 Å². The van der Waals surface area contributed by atoms with Gasteiger partial charge in [0.25, 0.3) is 10.1 Å². The minimum Gasteiger partial charge on any atom is -0.760 e. The third kappa shape index (κ3) is 6.26. The van der Waals surface area contributed by atoms with Crippen LogP contribution in [0.25, 0.3) is 0 Å². The van der Waals surface area contributed by atoms with Crippen LogP contribution in [0.3, 0.4) is 0 Å². The Bertz CT molecular complexity index is 503. The van der Waals surface area contributed by atoms with E-state index in [1.807, 2.05) is 0 Å². The molecule has 8 heteroatoms. The van der Waals surface area contributed by atoms with E-state index in [0.29, 0.717) is 12.0 Å². The lowest BCUT2D eigenvalue weighted by atomic mass is 10.2. The SMILES string of the molecule is CCCOS(=O)(=O)CN(Cc1ccccc1)S(=O)[O-]. The van der Waals surface area contributed by atoms with Crippen molar-refractivity contribution in [1.29, 1.82) is 0 Å². The van der Waals surface area contributed by atoms with Crippen molar-refractivity contribution in [1.82, 2.24) is 4.31 Å². The third-order valence-corrected chi connectivity index (χ3v) is 4.18. The summed E-state index contributed by atoms with van der Waals surface area (Å²) >= 11 is -2.63. The van der Waals surface area contributed by atoms with Crippen LogP contribution in [0.2, 0.25) is 0 Å². The van der Waals surface area contributed by atoms with Gasteiger partial charge in [0.2, 0.25) is 0 Å². The van der Waals surface area contributed by atoms with E-state index in [2.05, 4.69) is 4.18 Å². The van der Waals surface area contributed by atoms with Crippen LogP contribution < -0.4 is 0 Å². The summed E-state index contributed by atoms with van der Waals surface area (Å²) in [7, 11) is -3.88. The summed E-state index contributed by atoms with van der Waals surface area (Å²) in [5.74, 6) is -0.683. The maximum absolute atomic E-state index is 11.6. The van der Waals surface area contributed by atoms with E-state index in [9.17, 15) is 17.2 Å². The lowest BCUT2D eigenvalue weighted by Gasteiger charge is -2.23. The van der Waals surface area contributed by atoms with Gasteiger partial charge in [-0.25, -0.2) is 4.31 Å². The Morgan fingerprint density at radius 2 is 1.95 bits per heavy atom. The Morgan fingerprint density at radius 1 is 1.32 bits per heavy atom. The molecule has 0 fully saturated rings. The van der Waals surface area contributed by atoms with Crippen LogP contribution in [-0.2, 0) is 32.1 Å². The third-order valence-electron chi connectivity index (χ3n) is 2.18. The van der Waals surface area contributed by atoms with Gasteiger partial charge in [0.15, 0.2) is 0 Å². The highest BCUT2D eigenvalue weighted by atomic mass is 32.2. The smallest absolute Gasteiger partial charge is 0.281 e. The normalized spacial score (nSPS) is 13.6. The van der Waals surface area contributed by atoms with Crippen molar-refractivity contribution in [3.05, 3.63) is 35.9 Å². The summed E-state index contributed by atoms with van der Waals surface area (Å²) in [6, 6.07) is 8.74. The molecule has 19 heavy (non-hydrogen) atoms. The second kappa shape index (κ2) is 7.71. The highest BCUT2D eigenvalue weighted by Crippen LogP contribution is 2.09. The Labute approximate surface area is 115 Å². The van der Waals surface area contributed by atoms with E-state index in [0.717, 1.165) is 4.31 Å². The minimum atomic E-state index is -3.88. The Balaban J connectivity index is 2.71. The van der Waals surface area contributed by atoms with Crippen LogP contribution >= 0.6 is 0 Å². The zero-order valence-electron chi connectivity index (χ0n) is 10.5. The first kappa shape index (κ1) is 16.3. The Morgan fingerprint density at radius 3 is 2.47 bits per heavy atom. The van der Waals surface area contributed by atoms with Gasteiger partial charge < -0.3 is 4.55 Å². The standard InChI is InChI=1S/C11H17NO5S2/c1-2-8-17-19(15,16)10-12(18(13)14)9-11-6-4-3-5-7-11/h3-7H,2,8-10H2,1H3,(H,13,14)/p-1. The fourth-order valence-corrected chi connectivity index (χ4v) is 3.28. The van der Waals surface area contributed by atoms with Gasteiger partial charge in [-0.2, -0.15) is 8.42 Å². The summed E-state index contributed by atoms with van der Waals surface area (Å²) in [5, 5.41) is 0. The highest BCUT2D eigenvalue weighted by molar-refractivity contribution is 7.87. The summed E-state index contributed by atoms with van der Waals surface area (Å²) in [6.07, 6.45) is 0.540. The molecule has 0 saturated carbocycles. The van der Waals surface area contributed by atoms with E-state index in [1.54, 1.807) is 37.3 Å². The number of nitrogens with zero attached hydrogens (tertiary/aromatic N) is 1. The van der Waals surface area contributed by atoms with Crippen LogP contribution in [-0.4, -0.2) is 34.0 Å². The maximum Gasteiger partial charge on any atom is 0.281 e. The zero-order valence-corrected chi connectivity index (χ0v) is 12.2. The van der Waals surface area contributed by atoms with Gasteiger partial charge in [0.1, 0.15) is 5.88 Å². The van der Waals surface area contributed by atoms with Crippen molar-refractivity contribution in [2.75, 3.05) is 12.5 Å². The molecule has 1 rings (SSSR count). The summed E-state index contributed by atoms with van der Waals surface area (Å²) < 4.78 is 50.7. The van der Waals surface area contributed by atoms with Gasteiger partial charge in [0.05, 0.1) is 6.61 Å². The Hall–Kier alpha value is -0.800. The quantitative estimate of drug-likeness (QED) is 0.528. The van der Waals surface area contributed by atoms with Crippen molar-refractivity contribution < 1.29 is 21.4 Å². The summed E-state index contributed by atoms with van der Waals surface area (Å²) in [5.41, 5.74) is 0.706. The number of benzene rings is 1. The molecule has 0 aliphatic rings. The van der Waals surface area contributed by atoms with Gasteiger partial charge in [-0.1, -0.05) is 37.3 Å². The molecule has 0 spiro atoms. The maximum atomic E-state index is 11.6. The monoisotopic (exact) mass is 306 g/mol. The molecule has 6 nitrogen and oxygen atoms in total. The summed E-state index contributed by atoms with van der Waals surface area (Å²) in [4.78, 5) is 0. The van der Waals surface area contributed by atoms with Gasteiger partial charge in [-0.15, -0.1) is 0 Å². The average Bonchev–Trinajstić information content (AvgIpc) is 2.36. The second-order valence-electron chi connectivity index (χ2n) is 3.85.